The molecule has 26 heavy (non-hydrogen) atoms. The summed E-state index contributed by atoms with van der Waals surface area (Å²) in [5, 5.41) is 0. The molecule has 2 aromatic rings. The standard InChI is InChI=1S/C22H26N2OS/c1-26-21-9-5-4-8-20(21)22(25)23-14-11-19(12-15-23)24-13-10-17-6-2-3-7-18(17)16-24/h2-9,19H,10-16H2,1H3. The van der Waals surface area contributed by atoms with Gasteiger partial charge in [-0.25, -0.2) is 0 Å². The van der Waals surface area contributed by atoms with Gasteiger partial charge in [-0.1, -0.05) is 36.4 Å². The Labute approximate surface area is 160 Å². The highest BCUT2D eigenvalue weighted by Crippen LogP contribution is 2.27. The minimum absolute atomic E-state index is 0.192. The topological polar surface area (TPSA) is 23.6 Å². The number of rotatable bonds is 3. The zero-order valence-electron chi connectivity index (χ0n) is 15.4. The maximum absolute atomic E-state index is 12.9. The van der Waals surface area contributed by atoms with Gasteiger partial charge in [-0.05, 0) is 48.8 Å². The molecule has 0 unspecified atom stereocenters. The van der Waals surface area contributed by atoms with Gasteiger partial charge in [-0.2, -0.15) is 0 Å². The van der Waals surface area contributed by atoms with E-state index in [1.807, 2.05) is 35.4 Å². The highest BCUT2D eigenvalue weighted by molar-refractivity contribution is 7.98. The van der Waals surface area contributed by atoms with E-state index in [9.17, 15) is 4.79 Å². The maximum Gasteiger partial charge on any atom is 0.254 e. The molecule has 0 atom stereocenters. The van der Waals surface area contributed by atoms with Crippen LogP contribution >= 0.6 is 11.8 Å². The molecule has 2 aliphatic heterocycles. The van der Waals surface area contributed by atoms with E-state index in [-0.39, 0.29) is 5.91 Å². The Morgan fingerprint density at radius 1 is 0.962 bits per heavy atom. The molecule has 1 saturated heterocycles. The summed E-state index contributed by atoms with van der Waals surface area (Å²) >= 11 is 1.65. The lowest BCUT2D eigenvalue weighted by atomic mass is 9.95. The normalized spacial score (nSPS) is 18.6. The molecule has 0 spiro atoms. The number of hydrogen-bond acceptors (Lipinski definition) is 3. The summed E-state index contributed by atoms with van der Waals surface area (Å²) in [4.78, 5) is 18.7. The van der Waals surface area contributed by atoms with Gasteiger partial charge in [0.25, 0.3) is 5.91 Å². The van der Waals surface area contributed by atoms with E-state index in [4.69, 9.17) is 0 Å². The Kier molecular flexibility index (Phi) is 5.32. The van der Waals surface area contributed by atoms with Gasteiger partial charge >= 0.3 is 0 Å². The molecule has 2 heterocycles. The summed E-state index contributed by atoms with van der Waals surface area (Å²) in [6.07, 6.45) is 5.34. The Morgan fingerprint density at radius 3 is 2.42 bits per heavy atom. The SMILES string of the molecule is CSc1ccccc1C(=O)N1CCC(N2CCc3ccccc3C2)CC1. The molecule has 0 bridgehead atoms. The van der Waals surface area contributed by atoms with E-state index in [2.05, 4.69) is 29.2 Å². The van der Waals surface area contributed by atoms with Crippen LogP contribution in [0.4, 0.5) is 0 Å². The molecular weight excluding hydrogens is 340 g/mol. The fourth-order valence-corrected chi connectivity index (χ4v) is 4.84. The Morgan fingerprint density at radius 2 is 1.65 bits per heavy atom. The molecule has 2 aliphatic rings. The third-order valence-electron chi connectivity index (χ3n) is 5.77. The predicted octanol–water partition coefficient (Wildman–Crippen LogP) is 4.07. The summed E-state index contributed by atoms with van der Waals surface area (Å²) in [5.74, 6) is 0.192. The minimum Gasteiger partial charge on any atom is -0.338 e. The third-order valence-corrected chi connectivity index (χ3v) is 6.56. The van der Waals surface area contributed by atoms with Crippen molar-refractivity contribution in [3.8, 4) is 0 Å². The number of carbonyl (C=O) groups is 1. The summed E-state index contributed by atoms with van der Waals surface area (Å²) in [5.41, 5.74) is 3.83. The van der Waals surface area contributed by atoms with Crippen LogP contribution in [0.25, 0.3) is 0 Å². The first-order chi connectivity index (χ1) is 12.8. The molecule has 1 amide bonds. The van der Waals surface area contributed by atoms with Crippen LogP contribution in [0, 0.1) is 0 Å². The monoisotopic (exact) mass is 366 g/mol. The number of benzene rings is 2. The maximum atomic E-state index is 12.9. The number of nitrogens with zero attached hydrogens (tertiary/aromatic N) is 2. The van der Waals surface area contributed by atoms with Crippen molar-refractivity contribution in [2.75, 3.05) is 25.9 Å². The average molecular weight is 367 g/mol. The lowest BCUT2D eigenvalue weighted by molar-refractivity contribution is 0.0596. The van der Waals surface area contributed by atoms with E-state index in [0.29, 0.717) is 6.04 Å². The second kappa shape index (κ2) is 7.85. The molecule has 0 radical (unpaired) electrons. The van der Waals surface area contributed by atoms with Crippen LogP contribution in [-0.2, 0) is 13.0 Å². The van der Waals surface area contributed by atoms with E-state index < -0.39 is 0 Å². The molecule has 0 N–H and O–H groups in total. The molecule has 0 aromatic heterocycles. The van der Waals surface area contributed by atoms with Gasteiger partial charge in [0.1, 0.15) is 0 Å². The molecule has 0 saturated carbocycles. The van der Waals surface area contributed by atoms with Crippen LogP contribution in [0.15, 0.2) is 53.4 Å². The fourth-order valence-electron chi connectivity index (χ4n) is 4.25. The molecule has 0 aliphatic carbocycles. The zero-order valence-corrected chi connectivity index (χ0v) is 16.2. The molecule has 4 rings (SSSR count). The molecular formula is C22H26N2OS. The van der Waals surface area contributed by atoms with Gasteiger partial charge < -0.3 is 4.90 Å². The smallest absolute Gasteiger partial charge is 0.254 e. The van der Waals surface area contributed by atoms with E-state index in [1.165, 1.54) is 11.1 Å². The quantitative estimate of drug-likeness (QED) is 0.765. The van der Waals surface area contributed by atoms with Crippen LogP contribution in [0.5, 0.6) is 0 Å². The van der Waals surface area contributed by atoms with Crippen LogP contribution < -0.4 is 0 Å². The minimum atomic E-state index is 0.192. The van der Waals surface area contributed by atoms with Crippen molar-refractivity contribution in [3.05, 3.63) is 65.2 Å². The van der Waals surface area contributed by atoms with Crippen molar-refractivity contribution >= 4 is 17.7 Å². The number of likely N-dealkylation sites (tertiary alicyclic amines) is 1. The molecule has 1 fully saturated rings. The Bertz CT molecular complexity index is 783. The van der Waals surface area contributed by atoms with Crippen molar-refractivity contribution in [2.45, 2.75) is 36.7 Å². The highest BCUT2D eigenvalue weighted by Gasteiger charge is 2.29. The Balaban J connectivity index is 1.38. The van der Waals surface area contributed by atoms with E-state index in [1.54, 1.807) is 11.8 Å². The Hall–Kier alpha value is -1.78. The zero-order chi connectivity index (χ0) is 17.9. The second-order valence-corrected chi connectivity index (χ2v) is 8.06. The molecule has 2 aromatic carbocycles. The number of thioether (sulfide) groups is 1. The number of hydrogen-bond donors (Lipinski definition) is 0. The lowest BCUT2D eigenvalue weighted by Crippen LogP contribution is -2.48. The van der Waals surface area contributed by atoms with Gasteiger partial charge in [-0.15, -0.1) is 11.8 Å². The highest BCUT2D eigenvalue weighted by atomic mass is 32.2. The summed E-state index contributed by atoms with van der Waals surface area (Å²) in [6.45, 7) is 3.93. The number of fused-ring (bicyclic) bond motifs is 1. The van der Waals surface area contributed by atoms with Gasteiger partial charge in [-0.3, -0.25) is 9.69 Å². The molecule has 4 heteroatoms. The van der Waals surface area contributed by atoms with Gasteiger partial charge in [0.2, 0.25) is 0 Å². The van der Waals surface area contributed by atoms with Crippen LogP contribution in [-0.4, -0.2) is 47.6 Å². The van der Waals surface area contributed by atoms with Gasteiger partial charge in [0, 0.05) is 37.1 Å². The fraction of sp³-hybridized carbons (Fsp3) is 0.409. The number of piperidine rings is 1. The van der Waals surface area contributed by atoms with Gasteiger partial charge in [0.15, 0.2) is 0 Å². The molecule has 136 valence electrons. The summed E-state index contributed by atoms with van der Waals surface area (Å²) in [7, 11) is 0. The van der Waals surface area contributed by atoms with Crippen molar-refractivity contribution in [3.63, 3.8) is 0 Å². The van der Waals surface area contributed by atoms with Crippen molar-refractivity contribution in [1.82, 2.24) is 9.80 Å². The van der Waals surface area contributed by atoms with Gasteiger partial charge in [0.05, 0.1) is 5.56 Å². The van der Waals surface area contributed by atoms with Crippen molar-refractivity contribution in [1.29, 1.82) is 0 Å². The predicted molar refractivity (Wildman–Crippen MR) is 108 cm³/mol. The number of carbonyl (C=O) groups excluding carboxylic acids is 1. The van der Waals surface area contributed by atoms with Crippen LogP contribution in [0.2, 0.25) is 0 Å². The van der Waals surface area contributed by atoms with Crippen LogP contribution in [0.1, 0.15) is 34.3 Å². The first-order valence-electron chi connectivity index (χ1n) is 9.49. The first-order valence-corrected chi connectivity index (χ1v) is 10.7. The summed E-state index contributed by atoms with van der Waals surface area (Å²) in [6, 6.07) is 17.4. The number of amides is 1. The van der Waals surface area contributed by atoms with Crippen LogP contribution in [0.3, 0.4) is 0 Å². The second-order valence-electron chi connectivity index (χ2n) is 7.21. The summed E-state index contributed by atoms with van der Waals surface area (Å²) < 4.78 is 0. The van der Waals surface area contributed by atoms with E-state index >= 15 is 0 Å². The third kappa shape index (κ3) is 3.53. The molecule has 3 nitrogen and oxygen atoms in total. The largest absolute Gasteiger partial charge is 0.338 e. The average Bonchev–Trinajstić information content (AvgIpc) is 2.73. The van der Waals surface area contributed by atoms with Crippen molar-refractivity contribution < 1.29 is 4.79 Å². The van der Waals surface area contributed by atoms with Crippen molar-refractivity contribution in [2.24, 2.45) is 0 Å². The first kappa shape index (κ1) is 17.6. The lowest BCUT2D eigenvalue weighted by Gasteiger charge is -2.40. The van der Waals surface area contributed by atoms with E-state index in [0.717, 1.165) is 55.9 Å².